The lowest BCUT2D eigenvalue weighted by atomic mass is 9.92. The van der Waals surface area contributed by atoms with Gasteiger partial charge in [0.25, 0.3) is 23.6 Å². The highest BCUT2D eigenvalue weighted by Crippen LogP contribution is 2.47. The number of ether oxygens (including phenoxy) is 6. The molecule has 88 heavy (non-hydrogen) atoms. The van der Waals surface area contributed by atoms with Crippen LogP contribution in [0.3, 0.4) is 0 Å². The van der Waals surface area contributed by atoms with Crippen molar-refractivity contribution in [1.82, 2.24) is 34.3 Å². The molecule has 0 radical (unpaired) electrons. The summed E-state index contributed by atoms with van der Waals surface area (Å²) in [4.78, 5) is 117. The summed E-state index contributed by atoms with van der Waals surface area (Å²) in [6.07, 6.45) is 4.17. The number of nitrogens with zero attached hydrogens (tertiary/aromatic N) is 7. The van der Waals surface area contributed by atoms with E-state index in [1.54, 1.807) is 95.3 Å². The Morgan fingerprint density at radius 1 is 0.784 bits per heavy atom. The van der Waals surface area contributed by atoms with Gasteiger partial charge in [-0.05, 0) is 104 Å². The third kappa shape index (κ3) is 16.2. The molecule has 8 amide bonds. The maximum Gasteiger partial charge on any atom is 0.415 e. The number of pyridine rings is 1. The Bertz CT molecular complexity index is 3530. The van der Waals surface area contributed by atoms with E-state index < -0.39 is 47.9 Å². The highest BCUT2D eigenvalue weighted by atomic mass is 35.5. The molecule has 0 bridgehead atoms. The van der Waals surface area contributed by atoms with E-state index in [9.17, 15) is 38.4 Å². The van der Waals surface area contributed by atoms with Crippen molar-refractivity contribution in [2.24, 2.45) is 5.92 Å². The van der Waals surface area contributed by atoms with E-state index in [-0.39, 0.29) is 114 Å². The minimum absolute atomic E-state index is 0.00190. The number of anilines is 3. The van der Waals surface area contributed by atoms with Crippen molar-refractivity contribution in [2.75, 3.05) is 116 Å². The number of methoxy groups -OCH3 is 1. The third-order valence-electron chi connectivity index (χ3n) is 14.8. The van der Waals surface area contributed by atoms with Gasteiger partial charge in [-0.25, -0.2) is 14.6 Å². The standard InChI is InChI=1S/C63H73ClN10O14/c1-39(2)57(69(5)6)60(79)65-41(4)58(77)66-45-16-12-42(13-17-45)37-86-62(81)70(7)24-25-71(26-28-84-30-31-85-29-27-73-53(75)22-23-54(73)76)63(82)88-51-32-50-56(55-40(3)10-9-11-48(51)55)44(33-64)34-74(50)61(80)49-36-72-35-46(18-21-52(72)68-49)67-59(78)43-14-19-47(20-15-43)87-38-83-8/h9-23,32,35-36,39,41,44,57H,24-31,33-34,37-38H2,1-8H3,(H,65,79)(H,66,77)(H,67,78)/t41-,44+,57-/m0/s1. The first kappa shape index (κ1) is 65.0. The van der Waals surface area contributed by atoms with Crippen LogP contribution < -0.4 is 30.3 Å². The number of likely N-dealkylation sites (N-methyl/N-ethyl adjacent to an activating group) is 2. The predicted octanol–water partition coefficient (Wildman–Crippen LogP) is 7.07. The number of carbonyl (C=O) groups is 8. The molecule has 0 fully saturated rings. The van der Waals surface area contributed by atoms with E-state index in [1.807, 2.05) is 58.0 Å². The van der Waals surface area contributed by atoms with Crippen LogP contribution in [0.4, 0.5) is 26.7 Å². The molecule has 2 aliphatic rings. The van der Waals surface area contributed by atoms with E-state index >= 15 is 0 Å². The second-order valence-corrected chi connectivity index (χ2v) is 22.0. The topological polar surface area (TPSA) is 262 Å². The highest BCUT2D eigenvalue weighted by molar-refractivity contribution is 6.19. The number of carbonyl (C=O) groups excluding carboxylic acids is 8. The van der Waals surface area contributed by atoms with Gasteiger partial charge in [0.05, 0.1) is 50.4 Å². The molecule has 25 heteroatoms. The molecule has 0 saturated heterocycles. The fourth-order valence-corrected chi connectivity index (χ4v) is 10.5. The van der Waals surface area contributed by atoms with Crippen molar-refractivity contribution in [3.63, 3.8) is 0 Å². The van der Waals surface area contributed by atoms with E-state index in [0.717, 1.165) is 21.4 Å². The SMILES string of the molecule is COCOc1ccc(C(=O)Nc2ccc3nc(C(=O)N4C[C@@H](CCl)c5c4cc(OC(=O)N(CCOCCOCCN4C(=O)C=CC4=O)CCN(C)C(=O)OCc4ccc(NC(=O)[C@H](C)NC(=O)[C@H](C(C)C)N(C)C)cc4)c4cccc(C)c54)cn3c2)cc1. The second-order valence-electron chi connectivity index (χ2n) is 21.7. The number of imidazole rings is 1. The number of amides is 8. The average Bonchev–Trinajstić information content (AvgIpc) is 1.77. The van der Waals surface area contributed by atoms with Crippen LogP contribution in [0.15, 0.2) is 109 Å². The summed E-state index contributed by atoms with van der Waals surface area (Å²) in [5.41, 5.74) is 4.66. The minimum Gasteiger partial charge on any atom is -0.468 e. The van der Waals surface area contributed by atoms with Crippen LogP contribution in [0.1, 0.15) is 64.2 Å². The van der Waals surface area contributed by atoms with Crippen LogP contribution in [-0.2, 0) is 44.7 Å². The van der Waals surface area contributed by atoms with Crippen LogP contribution in [0, 0.1) is 12.8 Å². The van der Waals surface area contributed by atoms with Crippen LogP contribution in [0.2, 0.25) is 0 Å². The average molecular weight is 1230 g/mol. The lowest BCUT2D eigenvalue weighted by Crippen LogP contribution is -2.51. The van der Waals surface area contributed by atoms with Crippen molar-refractivity contribution in [3.8, 4) is 11.5 Å². The van der Waals surface area contributed by atoms with Gasteiger partial charge in [0.15, 0.2) is 6.79 Å². The number of halogens is 1. The molecule has 24 nitrogen and oxygen atoms in total. The van der Waals surface area contributed by atoms with Crippen LogP contribution in [-0.4, -0.2) is 189 Å². The molecule has 0 aliphatic carbocycles. The molecular weight excluding hydrogens is 1160 g/mol. The molecule has 4 heterocycles. The Balaban J connectivity index is 0.939. The molecule has 466 valence electrons. The van der Waals surface area contributed by atoms with Gasteiger partial charge < -0.3 is 63.5 Å². The van der Waals surface area contributed by atoms with Crippen molar-refractivity contribution < 1.29 is 66.8 Å². The zero-order valence-electron chi connectivity index (χ0n) is 50.4. The van der Waals surface area contributed by atoms with Crippen LogP contribution in [0.25, 0.3) is 16.4 Å². The van der Waals surface area contributed by atoms with Gasteiger partial charge in [0.2, 0.25) is 11.8 Å². The van der Waals surface area contributed by atoms with E-state index in [4.69, 9.17) is 40.0 Å². The monoisotopic (exact) mass is 1230 g/mol. The number of aromatic nitrogens is 2. The first-order chi connectivity index (χ1) is 42.2. The largest absolute Gasteiger partial charge is 0.468 e. The number of imide groups is 1. The summed E-state index contributed by atoms with van der Waals surface area (Å²) in [6, 6.07) is 22.7. The summed E-state index contributed by atoms with van der Waals surface area (Å²) in [6.45, 7) is 7.98. The highest BCUT2D eigenvalue weighted by Gasteiger charge is 2.37. The molecule has 6 aromatic rings. The van der Waals surface area contributed by atoms with Gasteiger partial charge in [-0.1, -0.05) is 44.2 Å². The Kier molecular flexibility index (Phi) is 22.3. The molecule has 3 N–H and O–H groups in total. The molecule has 0 unspecified atom stereocenters. The summed E-state index contributed by atoms with van der Waals surface area (Å²) < 4.78 is 35.4. The van der Waals surface area contributed by atoms with E-state index in [1.165, 1.54) is 36.1 Å². The summed E-state index contributed by atoms with van der Waals surface area (Å²) in [7, 11) is 6.66. The quantitative estimate of drug-likeness (QED) is 0.0192. The van der Waals surface area contributed by atoms with Gasteiger partial charge in [-0.3, -0.25) is 38.6 Å². The Hall–Kier alpha value is -8.94. The van der Waals surface area contributed by atoms with Gasteiger partial charge in [0, 0.05) is 99.4 Å². The van der Waals surface area contributed by atoms with Crippen LogP contribution in [0.5, 0.6) is 11.5 Å². The maximum absolute atomic E-state index is 14.7. The lowest BCUT2D eigenvalue weighted by molar-refractivity contribution is -0.137. The van der Waals surface area contributed by atoms with Gasteiger partial charge in [-0.2, -0.15) is 0 Å². The summed E-state index contributed by atoms with van der Waals surface area (Å²) in [5, 5.41) is 9.83. The molecule has 8 rings (SSSR count). The predicted molar refractivity (Wildman–Crippen MR) is 329 cm³/mol. The Morgan fingerprint density at radius 2 is 1.49 bits per heavy atom. The number of nitrogens with one attached hydrogen (secondary N) is 3. The van der Waals surface area contributed by atoms with Gasteiger partial charge in [-0.15, -0.1) is 11.6 Å². The molecule has 0 saturated carbocycles. The summed E-state index contributed by atoms with van der Waals surface area (Å²) in [5.74, 6) is -1.68. The Morgan fingerprint density at radius 3 is 2.17 bits per heavy atom. The number of rotatable bonds is 28. The number of fused-ring (bicyclic) bond motifs is 4. The molecule has 2 aliphatic heterocycles. The summed E-state index contributed by atoms with van der Waals surface area (Å²) >= 11 is 6.69. The molecular formula is C63H73ClN10O14. The number of aryl methyl sites for hydroxylation is 1. The van der Waals surface area contributed by atoms with Gasteiger partial charge >= 0.3 is 12.2 Å². The fraction of sp³-hybridized carbons (Fsp3) is 0.381. The number of alkyl halides is 1. The molecule has 2 aromatic heterocycles. The number of hydrogen-bond donors (Lipinski definition) is 3. The number of hydrogen-bond acceptors (Lipinski definition) is 16. The first-order valence-electron chi connectivity index (χ1n) is 28.6. The smallest absolute Gasteiger partial charge is 0.415 e. The van der Waals surface area contributed by atoms with Gasteiger partial charge in [0.1, 0.15) is 35.5 Å². The first-order valence-corrected chi connectivity index (χ1v) is 29.1. The molecule has 0 spiro atoms. The van der Waals surface area contributed by atoms with Crippen molar-refractivity contribution >= 4 is 92.7 Å². The minimum atomic E-state index is -0.805. The number of benzene rings is 4. The molecule has 4 aromatic carbocycles. The second kappa shape index (κ2) is 30.1. The fourth-order valence-electron chi connectivity index (χ4n) is 10.2. The third-order valence-corrected chi connectivity index (χ3v) is 15.1. The van der Waals surface area contributed by atoms with Crippen LogP contribution >= 0.6 is 11.6 Å². The zero-order chi connectivity index (χ0) is 63.2. The normalized spacial score (nSPS) is 14.3. The zero-order valence-corrected chi connectivity index (χ0v) is 51.2. The maximum atomic E-state index is 14.7. The molecule has 3 atom stereocenters. The van der Waals surface area contributed by atoms with E-state index in [0.29, 0.717) is 45.0 Å². The lowest BCUT2D eigenvalue weighted by Gasteiger charge is -2.28. The van der Waals surface area contributed by atoms with Crippen molar-refractivity contribution in [3.05, 3.63) is 137 Å². The van der Waals surface area contributed by atoms with Crippen molar-refractivity contribution in [1.29, 1.82) is 0 Å². The van der Waals surface area contributed by atoms with Crippen molar-refractivity contribution in [2.45, 2.75) is 52.3 Å². The Labute approximate surface area is 514 Å². The van der Waals surface area contributed by atoms with E-state index in [2.05, 4.69) is 20.9 Å².